The number of alkyl halides is 1. The zero-order chi connectivity index (χ0) is 12.1. The van der Waals surface area contributed by atoms with Gasteiger partial charge in [-0.1, -0.05) is 0 Å². The van der Waals surface area contributed by atoms with Crippen molar-refractivity contribution in [3.63, 3.8) is 0 Å². The van der Waals surface area contributed by atoms with E-state index >= 15 is 0 Å². The smallest absolute Gasteiger partial charge is 0.186 e. The molecule has 1 saturated heterocycles. The van der Waals surface area contributed by atoms with E-state index in [0.29, 0.717) is 0 Å². The van der Waals surface area contributed by atoms with Crippen molar-refractivity contribution in [3.05, 3.63) is 0 Å². The SMILES string of the molecule is CO[C@@H]1O[C@@H](CF)[C@H](OC)[C@H](OC)[C@@H]1OC. The summed E-state index contributed by atoms with van der Waals surface area (Å²) in [6.07, 6.45) is -2.73. The van der Waals surface area contributed by atoms with E-state index in [-0.39, 0.29) is 0 Å². The van der Waals surface area contributed by atoms with Gasteiger partial charge in [0.05, 0.1) is 0 Å². The van der Waals surface area contributed by atoms with Crippen molar-refractivity contribution in [1.29, 1.82) is 0 Å². The van der Waals surface area contributed by atoms with E-state index in [1.807, 2.05) is 0 Å². The first-order chi connectivity index (χ1) is 7.73. The molecule has 0 spiro atoms. The van der Waals surface area contributed by atoms with Gasteiger partial charge in [0.2, 0.25) is 0 Å². The van der Waals surface area contributed by atoms with Gasteiger partial charge in [0, 0.05) is 28.4 Å². The molecule has 0 saturated carbocycles. The predicted octanol–water partition coefficient (Wildman–Crippen LogP) is 0.372. The lowest BCUT2D eigenvalue weighted by Crippen LogP contribution is -2.60. The number of ether oxygens (including phenoxy) is 5. The largest absolute Gasteiger partial charge is 0.376 e. The fourth-order valence-corrected chi connectivity index (χ4v) is 1.99. The third-order valence-corrected chi connectivity index (χ3v) is 2.79. The molecule has 0 aliphatic carbocycles. The van der Waals surface area contributed by atoms with Crippen molar-refractivity contribution in [3.8, 4) is 0 Å². The van der Waals surface area contributed by atoms with Crippen LogP contribution in [0.2, 0.25) is 0 Å². The van der Waals surface area contributed by atoms with Gasteiger partial charge >= 0.3 is 0 Å². The van der Waals surface area contributed by atoms with Gasteiger partial charge in [-0.2, -0.15) is 0 Å². The highest BCUT2D eigenvalue weighted by atomic mass is 19.1. The van der Waals surface area contributed by atoms with Crippen LogP contribution in [0.1, 0.15) is 0 Å². The lowest BCUT2D eigenvalue weighted by atomic mass is 9.99. The minimum atomic E-state index is -0.703. The third-order valence-electron chi connectivity index (χ3n) is 2.79. The zero-order valence-electron chi connectivity index (χ0n) is 10.0. The summed E-state index contributed by atoms with van der Waals surface area (Å²) in [4.78, 5) is 0. The highest BCUT2D eigenvalue weighted by Crippen LogP contribution is 2.27. The minimum absolute atomic E-state index is 0.422. The molecule has 1 heterocycles. The maximum atomic E-state index is 12.8. The van der Waals surface area contributed by atoms with Crippen LogP contribution < -0.4 is 0 Å². The average molecular weight is 238 g/mol. The number of halogens is 1. The summed E-state index contributed by atoms with van der Waals surface area (Å²) in [5, 5.41) is 0. The Hall–Kier alpha value is -0.270. The van der Waals surface area contributed by atoms with E-state index in [2.05, 4.69) is 0 Å². The van der Waals surface area contributed by atoms with Crippen molar-refractivity contribution in [2.75, 3.05) is 35.1 Å². The van der Waals surface area contributed by atoms with Crippen LogP contribution in [-0.2, 0) is 23.7 Å². The monoisotopic (exact) mass is 238 g/mol. The lowest BCUT2D eigenvalue weighted by Gasteiger charge is -2.43. The summed E-state index contributed by atoms with van der Waals surface area (Å²) in [6, 6.07) is 0. The summed E-state index contributed by atoms with van der Waals surface area (Å²) in [5.41, 5.74) is 0. The van der Waals surface area contributed by atoms with Gasteiger partial charge in [0.15, 0.2) is 6.29 Å². The van der Waals surface area contributed by atoms with Crippen LogP contribution in [0, 0.1) is 0 Å². The van der Waals surface area contributed by atoms with Crippen LogP contribution in [0.25, 0.3) is 0 Å². The Morgan fingerprint density at radius 2 is 1.44 bits per heavy atom. The van der Waals surface area contributed by atoms with Crippen LogP contribution in [0.15, 0.2) is 0 Å². The van der Waals surface area contributed by atoms with Crippen molar-refractivity contribution in [2.24, 2.45) is 0 Å². The molecule has 5 nitrogen and oxygen atoms in total. The fraction of sp³-hybridized carbons (Fsp3) is 1.00. The molecule has 1 rings (SSSR count). The van der Waals surface area contributed by atoms with Gasteiger partial charge in [-0.25, -0.2) is 4.39 Å². The Kier molecular flexibility index (Phi) is 5.57. The molecule has 0 aromatic heterocycles. The van der Waals surface area contributed by atoms with Gasteiger partial charge in [-0.15, -0.1) is 0 Å². The highest BCUT2D eigenvalue weighted by molar-refractivity contribution is 4.91. The Morgan fingerprint density at radius 3 is 1.81 bits per heavy atom. The fourth-order valence-electron chi connectivity index (χ4n) is 1.99. The Morgan fingerprint density at radius 1 is 0.875 bits per heavy atom. The summed E-state index contributed by atoms with van der Waals surface area (Å²) >= 11 is 0. The van der Waals surface area contributed by atoms with Crippen LogP contribution in [0.3, 0.4) is 0 Å². The number of hydrogen-bond donors (Lipinski definition) is 0. The van der Waals surface area contributed by atoms with Crippen molar-refractivity contribution >= 4 is 0 Å². The molecule has 0 N–H and O–H groups in total. The third kappa shape index (κ3) is 2.52. The molecule has 0 bridgehead atoms. The lowest BCUT2D eigenvalue weighted by molar-refractivity contribution is -0.303. The second kappa shape index (κ2) is 6.46. The summed E-state index contributed by atoms with van der Waals surface area (Å²) < 4.78 is 39.0. The number of rotatable bonds is 5. The van der Waals surface area contributed by atoms with Gasteiger partial charge in [0.25, 0.3) is 0 Å². The molecule has 1 aliphatic rings. The Bertz CT molecular complexity index is 186. The van der Waals surface area contributed by atoms with Gasteiger partial charge < -0.3 is 23.7 Å². The topological polar surface area (TPSA) is 46.2 Å². The first-order valence-electron chi connectivity index (χ1n) is 5.06. The van der Waals surface area contributed by atoms with Gasteiger partial charge in [-0.05, 0) is 0 Å². The van der Waals surface area contributed by atoms with Crippen molar-refractivity contribution < 1.29 is 28.1 Å². The maximum Gasteiger partial charge on any atom is 0.186 e. The van der Waals surface area contributed by atoms with E-state index in [4.69, 9.17) is 23.7 Å². The summed E-state index contributed by atoms with van der Waals surface area (Å²) in [6.45, 7) is -0.658. The van der Waals surface area contributed by atoms with Gasteiger partial charge in [-0.3, -0.25) is 0 Å². The van der Waals surface area contributed by atoms with E-state index in [1.165, 1.54) is 28.4 Å². The van der Waals surface area contributed by atoms with Crippen LogP contribution in [0.4, 0.5) is 4.39 Å². The van der Waals surface area contributed by atoms with E-state index in [9.17, 15) is 4.39 Å². The molecule has 0 aromatic carbocycles. The quantitative estimate of drug-likeness (QED) is 0.692. The summed E-state index contributed by atoms with van der Waals surface area (Å²) in [5.74, 6) is 0. The standard InChI is InChI=1S/C10H19FO5/c1-12-7-6(5-11)16-10(15-4)9(14-3)8(7)13-2/h6-10H,5H2,1-4H3/t6-,7-,8-,9-,10+/m0/s1. The molecule has 0 aromatic rings. The maximum absolute atomic E-state index is 12.8. The van der Waals surface area contributed by atoms with E-state index < -0.39 is 37.4 Å². The molecule has 0 radical (unpaired) electrons. The van der Waals surface area contributed by atoms with Crippen LogP contribution in [-0.4, -0.2) is 65.8 Å². The van der Waals surface area contributed by atoms with Crippen molar-refractivity contribution in [2.45, 2.75) is 30.7 Å². The normalized spacial score (nSPS) is 39.9. The first-order valence-corrected chi connectivity index (χ1v) is 5.06. The summed E-state index contributed by atoms with van der Waals surface area (Å²) in [7, 11) is 6.01. The van der Waals surface area contributed by atoms with Crippen LogP contribution >= 0.6 is 0 Å². The number of hydrogen-bond acceptors (Lipinski definition) is 5. The molecule has 1 aliphatic heterocycles. The number of methoxy groups -OCH3 is 4. The average Bonchev–Trinajstić information content (AvgIpc) is 2.35. The first kappa shape index (κ1) is 13.8. The van der Waals surface area contributed by atoms with E-state index in [0.717, 1.165) is 0 Å². The Balaban J connectivity index is 2.85. The predicted molar refractivity (Wildman–Crippen MR) is 54.0 cm³/mol. The molecular weight excluding hydrogens is 219 g/mol. The van der Waals surface area contributed by atoms with E-state index in [1.54, 1.807) is 0 Å². The second-order valence-corrected chi connectivity index (χ2v) is 3.53. The highest BCUT2D eigenvalue weighted by Gasteiger charge is 2.47. The molecule has 0 amide bonds. The molecule has 0 unspecified atom stereocenters. The molecule has 6 heteroatoms. The molecule has 96 valence electrons. The zero-order valence-corrected chi connectivity index (χ0v) is 10.0. The Labute approximate surface area is 94.8 Å². The van der Waals surface area contributed by atoms with Crippen molar-refractivity contribution in [1.82, 2.24) is 0 Å². The molecule has 1 fully saturated rings. The molecule has 16 heavy (non-hydrogen) atoms. The molecular formula is C10H19FO5. The van der Waals surface area contributed by atoms with Crippen LogP contribution in [0.5, 0.6) is 0 Å². The second-order valence-electron chi connectivity index (χ2n) is 3.53. The van der Waals surface area contributed by atoms with Gasteiger partial charge in [0.1, 0.15) is 31.1 Å². The molecule has 5 atom stereocenters. The minimum Gasteiger partial charge on any atom is -0.376 e.